The van der Waals surface area contributed by atoms with Crippen LogP contribution in [0.2, 0.25) is 10.0 Å². The zero-order valence-electron chi connectivity index (χ0n) is 11.4. The molecule has 0 bridgehead atoms. The third-order valence-corrected chi connectivity index (χ3v) is 4.87. The quantitative estimate of drug-likeness (QED) is 0.596. The van der Waals surface area contributed by atoms with E-state index in [2.05, 4.69) is 31.4 Å². The first kappa shape index (κ1) is 16.4. The van der Waals surface area contributed by atoms with E-state index < -0.39 is 0 Å². The summed E-state index contributed by atoms with van der Waals surface area (Å²) in [7, 11) is 0. The molecule has 0 aliphatic rings. The van der Waals surface area contributed by atoms with E-state index in [-0.39, 0.29) is 5.91 Å². The van der Waals surface area contributed by atoms with Crippen molar-refractivity contribution in [1.29, 1.82) is 0 Å². The lowest BCUT2D eigenvalue weighted by molar-refractivity contribution is 0.102. The molecule has 0 radical (unpaired) electrons. The first-order valence-electron chi connectivity index (χ1n) is 6.39. The topological polar surface area (TPSA) is 54.9 Å². The summed E-state index contributed by atoms with van der Waals surface area (Å²) in [4.78, 5) is 12.3. The van der Waals surface area contributed by atoms with Crippen LogP contribution in [0.1, 0.15) is 10.4 Å². The second kappa shape index (κ2) is 6.97. The van der Waals surface area contributed by atoms with Gasteiger partial charge in [-0.2, -0.15) is 0 Å². The molecular formula is C15H8BrCl2N3OS. The summed E-state index contributed by atoms with van der Waals surface area (Å²) in [6, 6.07) is 12.3. The Kier molecular flexibility index (Phi) is 4.96. The highest BCUT2D eigenvalue weighted by Gasteiger charge is 2.14. The van der Waals surface area contributed by atoms with Gasteiger partial charge < -0.3 is 0 Å². The van der Waals surface area contributed by atoms with Crippen LogP contribution >= 0.6 is 50.5 Å². The number of halogens is 3. The Bertz CT molecular complexity index is 867. The molecule has 23 heavy (non-hydrogen) atoms. The number of rotatable bonds is 3. The van der Waals surface area contributed by atoms with Crippen LogP contribution in [0.5, 0.6) is 0 Å². The maximum absolute atomic E-state index is 12.3. The Balaban J connectivity index is 1.80. The number of carbonyl (C=O) groups is 1. The number of amides is 1. The minimum Gasteiger partial charge on any atom is -0.296 e. The van der Waals surface area contributed by atoms with Crippen molar-refractivity contribution < 1.29 is 4.79 Å². The lowest BCUT2D eigenvalue weighted by Crippen LogP contribution is -2.12. The highest BCUT2D eigenvalue weighted by molar-refractivity contribution is 9.10. The molecule has 0 saturated carbocycles. The highest BCUT2D eigenvalue weighted by atomic mass is 79.9. The van der Waals surface area contributed by atoms with E-state index in [4.69, 9.17) is 23.2 Å². The Hall–Kier alpha value is -1.47. The van der Waals surface area contributed by atoms with Crippen molar-refractivity contribution in [3.8, 4) is 10.6 Å². The van der Waals surface area contributed by atoms with Crippen molar-refractivity contribution in [3.63, 3.8) is 0 Å². The number of nitrogens with one attached hydrogen (secondary N) is 1. The molecule has 0 aliphatic heterocycles. The van der Waals surface area contributed by atoms with Gasteiger partial charge in [0.05, 0.1) is 10.6 Å². The van der Waals surface area contributed by atoms with Gasteiger partial charge in [0.2, 0.25) is 5.13 Å². The van der Waals surface area contributed by atoms with Crippen LogP contribution in [-0.2, 0) is 0 Å². The Morgan fingerprint density at radius 3 is 2.57 bits per heavy atom. The summed E-state index contributed by atoms with van der Waals surface area (Å²) in [6.45, 7) is 0. The van der Waals surface area contributed by atoms with Crippen molar-refractivity contribution in [2.75, 3.05) is 5.32 Å². The molecule has 0 unspecified atom stereocenters. The number of hydrogen-bond donors (Lipinski definition) is 1. The van der Waals surface area contributed by atoms with E-state index in [1.54, 1.807) is 30.3 Å². The molecule has 0 saturated heterocycles. The minimum atomic E-state index is -0.338. The molecule has 1 N–H and O–H groups in total. The highest BCUT2D eigenvalue weighted by Crippen LogP contribution is 2.28. The summed E-state index contributed by atoms with van der Waals surface area (Å²) >= 11 is 16.5. The van der Waals surface area contributed by atoms with Gasteiger partial charge in [-0.1, -0.05) is 62.6 Å². The summed E-state index contributed by atoms with van der Waals surface area (Å²) in [6.07, 6.45) is 0. The number of aromatic nitrogens is 2. The van der Waals surface area contributed by atoms with Crippen molar-refractivity contribution in [2.45, 2.75) is 0 Å². The van der Waals surface area contributed by atoms with E-state index in [9.17, 15) is 4.79 Å². The summed E-state index contributed by atoms with van der Waals surface area (Å²) < 4.78 is 0.770. The van der Waals surface area contributed by atoms with Crippen LogP contribution < -0.4 is 5.32 Å². The van der Waals surface area contributed by atoms with Gasteiger partial charge in [0.15, 0.2) is 0 Å². The molecular weight excluding hydrogens is 421 g/mol. The number of anilines is 1. The molecule has 2 aromatic carbocycles. The number of carbonyl (C=O) groups excluding carboxylic acids is 1. The molecule has 0 fully saturated rings. The average molecular weight is 429 g/mol. The molecule has 3 rings (SSSR count). The molecule has 1 heterocycles. The van der Waals surface area contributed by atoms with Crippen molar-refractivity contribution in [1.82, 2.24) is 10.2 Å². The van der Waals surface area contributed by atoms with Gasteiger partial charge in [0.1, 0.15) is 5.01 Å². The summed E-state index contributed by atoms with van der Waals surface area (Å²) in [5, 5.41) is 12.9. The predicted octanol–water partition coefficient (Wildman–Crippen LogP) is 5.53. The third kappa shape index (κ3) is 3.90. The molecule has 4 nitrogen and oxygen atoms in total. The average Bonchev–Trinajstić information content (AvgIpc) is 2.99. The second-order valence-corrected chi connectivity index (χ2v) is 7.23. The zero-order chi connectivity index (χ0) is 16.4. The third-order valence-electron chi connectivity index (χ3n) is 2.91. The molecule has 116 valence electrons. The van der Waals surface area contributed by atoms with Crippen molar-refractivity contribution in [2.24, 2.45) is 0 Å². The van der Waals surface area contributed by atoms with Crippen molar-refractivity contribution in [3.05, 3.63) is 62.5 Å². The van der Waals surface area contributed by atoms with E-state index in [1.807, 2.05) is 12.1 Å². The lowest BCUT2D eigenvalue weighted by atomic mass is 10.2. The van der Waals surface area contributed by atoms with Gasteiger partial charge in [-0.3, -0.25) is 10.1 Å². The molecule has 8 heteroatoms. The standard InChI is InChI=1S/C15H8BrCl2N3OS/c16-9-3-6-12(18)11(7-9)13(22)19-15-21-20-14(23-15)8-1-4-10(17)5-2-8/h1-7H,(H,19,21,22). The number of hydrogen-bond acceptors (Lipinski definition) is 4. The van der Waals surface area contributed by atoms with E-state index in [0.29, 0.717) is 25.7 Å². The molecule has 0 atom stereocenters. The van der Waals surface area contributed by atoms with E-state index >= 15 is 0 Å². The van der Waals surface area contributed by atoms with Gasteiger partial charge in [0.25, 0.3) is 5.91 Å². The Labute approximate surface area is 154 Å². The molecule has 0 spiro atoms. The maximum atomic E-state index is 12.3. The van der Waals surface area contributed by atoms with Crippen LogP contribution in [0.15, 0.2) is 46.9 Å². The van der Waals surface area contributed by atoms with Crippen molar-refractivity contribution >= 4 is 61.5 Å². The summed E-state index contributed by atoms with van der Waals surface area (Å²) in [5.41, 5.74) is 1.25. The number of benzene rings is 2. The molecule has 3 aromatic rings. The molecule has 0 aliphatic carbocycles. The van der Waals surface area contributed by atoms with Gasteiger partial charge in [-0.05, 0) is 30.3 Å². The maximum Gasteiger partial charge on any atom is 0.259 e. The smallest absolute Gasteiger partial charge is 0.259 e. The van der Waals surface area contributed by atoms with Gasteiger partial charge in [-0.15, -0.1) is 10.2 Å². The minimum absolute atomic E-state index is 0.338. The zero-order valence-corrected chi connectivity index (χ0v) is 15.3. The Morgan fingerprint density at radius 1 is 1.09 bits per heavy atom. The largest absolute Gasteiger partial charge is 0.296 e. The lowest BCUT2D eigenvalue weighted by Gasteiger charge is -2.04. The molecule has 1 aromatic heterocycles. The summed E-state index contributed by atoms with van der Waals surface area (Å²) in [5.74, 6) is -0.338. The van der Waals surface area contributed by atoms with Gasteiger partial charge in [0, 0.05) is 15.1 Å². The van der Waals surface area contributed by atoms with Crippen LogP contribution in [0.3, 0.4) is 0 Å². The first-order valence-corrected chi connectivity index (χ1v) is 8.75. The van der Waals surface area contributed by atoms with Crippen LogP contribution in [0.4, 0.5) is 5.13 Å². The van der Waals surface area contributed by atoms with Crippen LogP contribution in [0.25, 0.3) is 10.6 Å². The predicted molar refractivity (Wildman–Crippen MR) is 97.5 cm³/mol. The first-order chi connectivity index (χ1) is 11.0. The molecule has 1 amide bonds. The second-order valence-electron chi connectivity index (χ2n) is 4.50. The monoisotopic (exact) mass is 427 g/mol. The van der Waals surface area contributed by atoms with Crippen LogP contribution in [-0.4, -0.2) is 16.1 Å². The van der Waals surface area contributed by atoms with E-state index in [1.165, 1.54) is 11.3 Å². The Morgan fingerprint density at radius 2 is 1.83 bits per heavy atom. The fraction of sp³-hybridized carbons (Fsp3) is 0. The van der Waals surface area contributed by atoms with Crippen LogP contribution in [0, 0.1) is 0 Å². The van der Waals surface area contributed by atoms with Gasteiger partial charge in [-0.25, -0.2) is 0 Å². The van der Waals surface area contributed by atoms with Gasteiger partial charge >= 0.3 is 0 Å². The normalized spacial score (nSPS) is 10.6. The fourth-order valence-corrected chi connectivity index (χ4v) is 3.25. The SMILES string of the molecule is O=C(Nc1nnc(-c2ccc(Cl)cc2)s1)c1cc(Br)ccc1Cl. The number of nitrogens with zero attached hydrogens (tertiary/aromatic N) is 2. The van der Waals surface area contributed by atoms with E-state index in [0.717, 1.165) is 10.0 Å². The fourth-order valence-electron chi connectivity index (χ4n) is 1.82.